The van der Waals surface area contributed by atoms with Crippen LogP contribution in [0.25, 0.3) is 0 Å². The fourth-order valence-electron chi connectivity index (χ4n) is 1.94. The van der Waals surface area contributed by atoms with Gasteiger partial charge in [0.1, 0.15) is 12.8 Å². The van der Waals surface area contributed by atoms with Gasteiger partial charge >= 0.3 is 0 Å². The Balaban J connectivity index is 3.17. The zero-order valence-corrected chi connectivity index (χ0v) is 10.8. The minimum Gasteiger partial charge on any atom is -0.399 e. The lowest BCUT2D eigenvalue weighted by atomic mass is 9.84. The van der Waals surface area contributed by atoms with E-state index in [0.29, 0.717) is 18.6 Å². The second kappa shape index (κ2) is 5.77. The Morgan fingerprint density at radius 2 is 1.94 bits per heavy atom. The minimum atomic E-state index is -0.139. The molecule has 0 atom stereocenters. The van der Waals surface area contributed by atoms with Gasteiger partial charge in [-0.15, -0.1) is 0 Å². The molecule has 0 aromatic heterocycles. The molecule has 0 amide bonds. The molecule has 0 bridgehead atoms. The maximum absolute atomic E-state index is 11.5. The highest BCUT2D eigenvalue weighted by Crippen LogP contribution is 2.30. The molecule has 0 radical (unpaired) electrons. The van der Waals surface area contributed by atoms with Gasteiger partial charge in [0, 0.05) is 6.92 Å². The standard InChI is InChI=1S/C13H19NO3/c1-8-5-11(7-15)12(6-9(8)2)13(10(3)16)14-17-4/h15H,5-7H2,1-4H3. The van der Waals surface area contributed by atoms with Gasteiger partial charge in [-0.05, 0) is 37.8 Å². The first-order valence-corrected chi connectivity index (χ1v) is 5.60. The number of carbonyl (C=O) groups is 1. The van der Waals surface area contributed by atoms with E-state index in [1.165, 1.54) is 25.2 Å². The molecule has 4 heteroatoms. The molecule has 1 N–H and O–H groups in total. The molecule has 0 saturated heterocycles. The zero-order chi connectivity index (χ0) is 13.0. The van der Waals surface area contributed by atoms with Crippen molar-refractivity contribution < 1.29 is 14.7 Å². The van der Waals surface area contributed by atoms with Gasteiger partial charge in [-0.25, -0.2) is 0 Å². The van der Waals surface area contributed by atoms with E-state index < -0.39 is 0 Å². The number of hydrogen-bond acceptors (Lipinski definition) is 4. The number of aliphatic hydroxyl groups excluding tert-OH is 1. The van der Waals surface area contributed by atoms with Crippen LogP contribution >= 0.6 is 0 Å². The second-order valence-corrected chi connectivity index (χ2v) is 4.33. The number of oxime groups is 1. The van der Waals surface area contributed by atoms with Gasteiger partial charge in [0.2, 0.25) is 0 Å². The lowest BCUT2D eigenvalue weighted by molar-refractivity contribution is -0.111. The molecule has 0 spiro atoms. The Morgan fingerprint density at radius 3 is 2.41 bits per heavy atom. The summed E-state index contributed by atoms with van der Waals surface area (Å²) in [6.07, 6.45) is 1.36. The number of carbonyl (C=O) groups excluding carboxylic acids is 1. The van der Waals surface area contributed by atoms with Crippen molar-refractivity contribution in [1.29, 1.82) is 0 Å². The molecule has 4 nitrogen and oxygen atoms in total. The molecule has 0 unspecified atom stereocenters. The molecule has 0 aromatic rings. The number of hydrogen-bond donors (Lipinski definition) is 1. The van der Waals surface area contributed by atoms with Gasteiger partial charge in [-0.3, -0.25) is 4.79 Å². The van der Waals surface area contributed by atoms with E-state index >= 15 is 0 Å². The van der Waals surface area contributed by atoms with Crippen LogP contribution in [0.3, 0.4) is 0 Å². The maximum atomic E-state index is 11.5. The molecular weight excluding hydrogens is 218 g/mol. The van der Waals surface area contributed by atoms with Crippen molar-refractivity contribution in [2.45, 2.75) is 33.6 Å². The van der Waals surface area contributed by atoms with Gasteiger partial charge in [-0.1, -0.05) is 16.3 Å². The summed E-state index contributed by atoms with van der Waals surface area (Å²) in [6, 6.07) is 0. The Bertz CT molecular complexity index is 416. The SMILES string of the molecule is CON=C(C(C)=O)C1=C(CO)CC(C)=C(C)C1. The number of nitrogens with zero attached hydrogens (tertiary/aromatic N) is 1. The van der Waals surface area contributed by atoms with Crippen molar-refractivity contribution in [3.63, 3.8) is 0 Å². The fraction of sp³-hybridized carbons (Fsp3) is 0.538. The fourth-order valence-corrected chi connectivity index (χ4v) is 1.94. The molecule has 0 aromatic carbocycles. The molecule has 94 valence electrons. The predicted molar refractivity (Wildman–Crippen MR) is 66.8 cm³/mol. The largest absolute Gasteiger partial charge is 0.399 e. The van der Waals surface area contributed by atoms with Gasteiger partial charge < -0.3 is 9.94 Å². The number of aliphatic hydroxyl groups is 1. The summed E-state index contributed by atoms with van der Waals surface area (Å²) in [7, 11) is 1.42. The van der Waals surface area contributed by atoms with E-state index in [4.69, 9.17) is 4.84 Å². The van der Waals surface area contributed by atoms with Crippen LogP contribution in [0.1, 0.15) is 33.6 Å². The van der Waals surface area contributed by atoms with Crippen LogP contribution in [-0.2, 0) is 9.63 Å². The van der Waals surface area contributed by atoms with Crippen molar-refractivity contribution in [2.24, 2.45) is 5.16 Å². The molecule has 17 heavy (non-hydrogen) atoms. The summed E-state index contributed by atoms with van der Waals surface area (Å²) in [5.41, 5.74) is 4.47. The topological polar surface area (TPSA) is 58.9 Å². The summed E-state index contributed by atoms with van der Waals surface area (Å²) >= 11 is 0. The number of Topliss-reactive ketones (excluding diaryl/α,β-unsaturated/α-hetero) is 1. The molecule has 1 aliphatic carbocycles. The summed E-state index contributed by atoms with van der Waals surface area (Å²) in [5, 5.41) is 13.2. The zero-order valence-electron chi connectivity index (χ0n) is 10.8. The molecule has 0 aliphatic heterocycles. The summed E-state index contributed by atoms with van der Waals surface area (Å²) in [6.45, 7) is 5.49. The van der Waals surface area contributed by atoms with E-state index in [0.717, 1.165) is 11.1 Å². The van der Waals surface area contributed by atoms with E-state index in [2.05, 4.69) is 5.16 Å². The highest BCUT2D eigenvalue weighted by Gasteiger charge is 2.22. The Labute approximate surface area is 102 Å². The van der Waals surface area contributed by atoms with Crippen LogP contribution in [0, 0.1) is 0 Å². The van der Waals surface area contributed by atoms with E-state index in [-0.39, 0.29) is 12.4 Å². The van der Waals surface area contributed by atoms with E-state index in [9.17, 15) is 9.90 Å². The Kier molecular flexibility index (Phi) is 4.63. The van der Waals surface area contributed by atoms with Gasteiger partial charge in [0.25, 0.3) is 0 Å². The molecule has 0 heterocycles. The number of rotatable bonds is 4. The average Bonchev–Trinajstić information content (AvgIpc) is 2.29. The predicted octanol–water partition coefficient (Wildman–Crippen LogP) is 2.00. The van der Waals surface area contributed by atoms with Crippen molar-refractivity contribution in [3.05, 3.63) is 22.3 Å². The third kappa shape index (κ3) is 3.03. The Hall–Kier alpha value is -1.42. The lowest BCUT2D eigenvalue weighted by Crippen LogP contribution is -2.19. The molecule has 1 rings (SSSR count). The third-order valence-electron chi connectivity index (χ3n) is 3.07. The van der Waals surface area contributed by atoms with Crippen LogP contribution in [0.4, 0.5) is 0 Å². The summed E-state index contributed by atoms with van der Waals surface area (Å²) in [4.78, 5) is 16.2. The molecule has 1 aliphatic rings. The van der Waals surface area contributed by atoms with Gasteiger partial charge in [0.15, 0.2) is 5.78 Å². The molecule has 0 fully saturated rings. The number of allylic oxidation sites excluding steroid dienone is 3. The smallest absolute Gasteiger partial charge is 0.181 e. The van der Waals surface area contributed by atoms with Gasteiger partial charge in [0.05, 0.1) is 6.61 Å². The van der Waals surface area contributed by atoms with Crippen LogP contribution in [0.15, 0.2) is 27.4 Å². The second-order valence-electron chi connectivity index (χ2n) is 4.33. The van der Waals surface area contributed by atoms with Gasteiger partial charge in [-0.2, -0.15) is 0 Å². The van der Waals surface area contributed by atoms with Crippen molar-refractivity contribution in [2.75, 3.05) is 13.7 Å². The Morgan fingerprint density at radius 1 is 1.35 bits per heavy atom. The summed E-state index contributed by atoms with van der Waals surface area (Å²) in [5.74, 6) is -0.139. The minimum absolute atomic E-state index is 0.0457. The quantitative estimate of drug-likeness (QED) is 0.462. The van der Waals surface area contributed by atoms with E-state index in [1.54, 1.807) is 0 Å². The monoisotopic (exact) mass is 237 g/mol. The van der Waals surface area contributed by atoms with Crippen molar-refractivity contribution in [1.82, 2.24) is 0 Å². The number of ketones is 1. The average molecular weight is 237 g/mol. The van der Waals surface area contributed by atoms with Crippen LogP contribution in [0.5, 0.6) is 0 Å². The first kappa shape index (κ1) is 13.6. The normalized spacial score (nSPS) is 17.6. The van der Waals surface area contributed by atoms with Crippen LogP contribution in [0.2, 0.25) is 0 Å². The van der Waals surface area contributed by atoms with Crippen molar-refractivity contribution >= 4 is 11.5 Å². The highest BCUT2D eigenvalue weighted by molar-refractivity contribution is 6.45. The lowest BCUT2D eigenvalue weighted by Gasteiger charge is -2.21. The van der Waals surface area contributed by atoms with Crippen molar-refractivity contribution in [3.8, 4) is 0 Å². The molecule has 0 saturated carbocycles. The highest BCUT2D eigenvalue weighted by atomic mass is 16.6. The van der Waals surface area contributed by atoms with Crippen LogP contribution < -0.4 is 0 Å². The molecular formula is C13H19NO3. The first-order valence-electron chi connectivity index (χ1n) is 5.60. The summed E-state index contributed by atoms with van der Waals surface area (Å²) < 4.78 is 0. The van der Waals surface area contributed by atoms with E-state index in [1.807, 2.05) is 13.8 Å². The maximum Gasteiger partial charge on any atom is 0.181 e. The van der Waals surface area contributed by atoms with Crippen LogP contribution in [-0.4, -0.2) is 30.3 Å². The first-order chi connectivity index (χ1) is 8.01. The third-order valence-corrected chi connectivity index (χ3v) is 3.07.